The molecule has 0 saturated carbocycles. The number of pyridine rings is 1. The molecule has 1 aromatic heterocycles. The molecule has 1 N–H and O–H groups in total. The molecule has 1 unspecified atom stereocenters. The molecule has 7 nitrogen and oxygen atoms in total. The topological polar surface area (TPSA) is 86.5 Å². The summed E-state index contributed by atoms with van der Waals surface area (Å²) in [6, 6.07) is 0. The van der Waals surface area contributed by atoms with Gasteiger partial charge in [0.05, 0.1) is 36.5 Å². The smallest absolute Gasteiger partial charge is 0.278 e. The lowest BCUT2D eigenvalue weighted by atomic mass is 10.1. The Bertz CT molecular complexity index is 487. The van der Waals surface area contributed by atoms with Gasteiger partial charge in [-0.1, -0.05) is 0 Å². The van der Waals surface area contributed by atoms with E-state index >= 15 is 0 Å². The molecule has 2 rings (SSSR count). The molecule has 0 amide bonds. The minimum atomic E-state index is -0.353. The Hall–Kier alpha value is -1.57. The number of nitro groups is 1. The second-order valence-electron chi connectivity index (χ2n) is 4.82. The molecule has 1 aliphatic heterocycles. The minimum Gasteiger partial charge on any atom is -0.376 e. The average molecular weight is 281 g/mol. The van der Waals surface area contributed by atoms with Gasteiger partial charge < -0.3 is 14.8 Å². The van der Waals surface area contributed by atoms with Crippen LogP contribution in [0.1, 0.15) is 16.8 Å². The van der Waals surface area contributed by atoms with Gasteiger partial charge in [-0.25, -0.2) is 0 Å². The van der Waals surface area contributed by atoms with E-state index in [0.717, 1.165) is 0 Å². The maximum absolute atomic E-state index is 11.0. The summed E-state index contributed by atoms with van der Waals surface area (Å²) >= 11 is 0. The minimum absolute atomic E-state index is 0.0319. The molecular formula is C13H19N3O4. The summed E-state index contributed by atoms with van der Waals surface area (Å²) in [5, 5.41) is 14.2. The van der Waals surface area contributed by atoms with E-state index in [-0.39, 0.29) is 16.7 Å². The first-order chi connectivity index (χ1) is 9.59. The van der Waals surface area contributed by atoms with Crippen molar-refractivity contribution in [1.29, 1.82) is 0 Å². The van der Waals surface area contributed by atoms with Gasteiger partial charge >= 0.3 is 0 Å². The molecular weight excluding hydrogens is 262 g/mol. The van der Waals surface area contributed by atoms with Crippen LogP contribution in [0.3, 0.4) is 0 Å². The highest BCUT2D eigenvalue weighted by Gasteiger charge is 2.19. The third-order valence-corrected chi connectivity index (χ3v) is 3.31. The van der Waals surface area contributed by atoms with E-state index in [2.05, 4.69) is 10.3 Å². The van der Waals surface area contributed by atoms with Gasteiger partial charge in [-0.3, -0.25) is 15.1 Å². The van der Waals surface area contributed by atoms with Gasteiger partial charge in [0.2, 0.25) is 0 Å². The van der Waals surface area contributed by atoms with E-state index in [1.165, 1.54) is 0 Å². The molecule has 1 aliphatic rings. The van der Waals surface area contributed by atoms with Crippen LogP contribution in [-0.2, 0) is 16.0 Å². The van der Waals surface area contributed by atoms with Gasteiger partial charge in [0.15, 0.2) is 0 Å². The van der Waals surface area contributed by atoms with Crippen molar-refractivity contribution in [2.24, 2.45) is 0 Å². The van der Waals surface area contributed by atoms with Gasteiger partial charge in [0.1, 0.15) is 0 Å². The van der Waals surface area contributed by atoms with Crippen LogP contribution < -0.4 is 5.32 Å². The first kappa shape index (κ1) is 14.8. The molecule has 110 valence electrons. The van der Waals surface area contributed by atoms with Crippen molar-refractivity contribution in [2.75, 3.05) is 26.4 Å². The predicted molar refractivity (Wildman–Crippen MR) is 72.6 cm³/mol. The Morgan fingerprint density at radius 1 is 1.50 bits per heavy atom. The van der Waals surface area contributed by atoms with Crippen molar-refractivity contribution < 1.29 is 14.4 Å². The summed E-state index contributed by atoms with van der Waals surface area (Å²) < 4.78 is 10.8. The highest BCUT2D eigenvalue weighted by Crippen LogP contribution is 2.23. The lowest BCUT2D eigenvalue weighted by Crippen LogP contribution is -2.37. The Morgan fingerprint density at radius 2 is 2.30 bits per heavy atom. The highest BCUT2D eigenvalue weighted by molar-refractivity contribution is 5.47. The fourth-order valence-electron chi connectivity index (χ4n) is 2.23. The second-order valence-corrected chi connectivity index (χ2v) is 4.82. The van der Waals surface area contributed by atoms with Crippen LogP contribution in [0.25, 0.3) is 0 Å². The van der Waals surface area contributed by atoms with E-state index in [1.807, 2.05) is 0 Å². The molecule has 0 spiro atoms. The Morgan fingerprint density at radius 3 is 2.95 bits per heavy atom. The average Bonchev–Trinajstić information content (AvgIpc) is 2.42. The molecule has 1 fully saturated rings. The summed E-state index contributed by atoms with van der Waals surface area (Å²) in [4.78, 5) is 14.9. The zero-order chi connectivity index (χ0) is 14.5. The SMILES string of the molecule is Cc1cnc(CNCC2COCCO2)c(C)c1[N+](=O)[O-]. The van der Waals surface area contributed by atoms with Crippen LogP contribution in [0, 0.1) is 24.0 Å². The summed E-state index contributed by atoms with van der Waals surface area (Å²) in [7, 11) is 0. The second kappa shape index (κ2) is 6.74. The van der Waals surface area contributed by atoms with Crippen molar-refractivity contribution >= 4 is 5.69 Å². The summed E-state index contributed by atoms with van der Waals surface area (Å²) in [6.07, 6.45) is 1.58. The number of nitrogens with zero attached hydrogens (tertiary/aromatic N) is 2. The normalized spacial score (nSPS) is 19.0. The maximum atomic E-state index is 11.0. The Kier molecular flexibility index (Phi) is 4.99. The number of rotatable bonds is 5. The summed E-state index contributed by atoms with van der Waals surface area (Å²) in [6.45, 7) is 6.38. The number of aryl methyl sites for hydroxylation is 1. The number of nitrogens with one attached hydrogen (secondary N) is 1. The molecule has 2 heterocycles. The Balaban J connectivity index is 1.95. The standard InChI is InChI=1S/C13H19N3O4/c1-9-5-15-12(10(2)13(9)16(17)18)7-14-6-11-8-19-3-4-20-11/h5,11,14H,3-4,6-8H2,1-2H3. The third-order valence-electron chi connectivity index (χ3n) is 3.31. The zero-order valence-corrected chi connectivity index (χ0v) is 11.7. The van der Waals surface area contributed by atoms with Crippen molar-refractivity contribution in [3.8, 4) is 0 Å². The quantitative estimate of drug-likeness (QED) is 0.642. The van der Waals surface area contributed by atoms with E-state index < -0.39 is 0 Å². The van der Waals surface area contributed by atoms with Crippen LogP contribution >= 0.6 is 0 Å². The number of hydrogen-bond acceptors (Lipinski definition) is 6. The molecule has 1 atom stereocenters. The van der Waals surface area contributed by atoms with Gasteiger partial charge in [-0.15, -0.1) is 0 Å². The summed E-state index contributed by atoms with van der Waals surface area (Å²) in [5.74, 6) is 0. The first-order valence-electron chi connectivity index (χ1n) is 6.59. The molecule has 1 saturated heterocycles. The van der Waals surface area contributed by atoms with Crippen molar-refractivity contribution in [3.63, 3.8) is 0 Å². The number of hydrogen-bond donors (Lipinski definition) is 1. The largest absolute Gasteiger partial charge is 0.376 e. The fraction of sp³-hybridized carbons (Fsp3) is 0.615. The maximum Gasteiger partial charge on any atom is 0.278 e. The molecule has 20 heavy (non-hydrogen) atoms. The van der Waals surface area contributed by atoms with Crippen molar-refractivity contribution in [1.82, 2.24) is 10.3 Å². The fourth-order valence-corrected chi connectivity index (χ4v) is 2.23. The molecule has 0 radical (unpaired) electrons. The van der Waals surface area contributed by atoms with Gasteiger partial charge in [-0.05, 0) is 13.8 Å². The molecule has 0 bridgehead atoms. The monoisotopic (exact) mass is 281 g/mol. The van der Waals surface area contributed by atoms with E-state index in [9.17, 15) is 10.1 Å². The van der Waals surface area contributed by atoms with Gasteiger partial charge in [0.25, 0.3) is 5.69 Å². The van der Waals surface area contributed by atoms with Gasteiger partial charge in [0, 0.05) is 30.4 Å². The van der Waals surface area contributed by atoms with Crippen LogP contribution in [-0.4, -0.2) is 42.4 Å². The molecule has 0 aliphatic carbocycles. The predicted octanol–water partition coefficient (Wildman–Crippen LogP) is 1.11. The van der Waals surface area contributed by atoms with Crippen LogP contribution in [0.15, 0.2) is 6.20 Å². The lowest BCUT2D eigenvalue weighted by Gasteiger charge is -2.23. The summed E-state index contributed by atoms with van der Waals surface area (Å²) in [5.41, 5.74) is 2.04. The zero-order valence-electron chi connectivity index (χ0n) is 11.7. The Labute approximate surface area is 117 Å². The van der Waals surface area contributed by atoms with E-state index in [4.69, 9.17) is 9.47 Å². The first-order valence-corrected chi connectivity index (χ1v) is 6.59. The number of ether oxygens (including phenoxy) is 2. The number of aromatic nitrogens is 1. The van der Waals surface area contributed by atoms with Gasteiger partial charge in [-0.2, -0.15) is 0 Å². The van der Waals surface area contributed by atoms with Crippen LogP contribution in [0.5, 0.6) is 0 Å². The molecule has 7 heteroatoms. The van der Waals surface area contributed by atoms with Crippen LogP contribution in [0.4, 0.5) is 5.69 Å². The van der Waals surface area contributed by atoms with E-state index in [0.29, 0.717) is 49.7 Å². The third kappa shape index (κ3) is 3.50. The van der Waals surface area contributed by atoms with E-state index in [1.54, 1.807) is 20.0 Å². The van der Waals surface area contributed by atoms with Crippen LogP contribution in [0.2, 0.25) is 0 Å². The molecule has 1 aromatic rings. The highest BCUT2D eigenvalue weighted by atomic mass is 16.6. The van der Waals surface area contributed by atoms with Crippen molar-refractivity contribution in [2.45, 2.75) is 26.5 Å². The lowest BCUT2D eigenvalue weighted by molar-refractivity contribution is -0.386. The van der Waals surface area contributed by atoms with Crippen molar-refractivity contribution in [3.05, 3.63) is 33.1 Å². The molecule has 0 aromatic carbocycles.